The van der Waals surface area contributed by atoms with Crippen molar-refractivity contribution in [2.24, 2.45) is 23.2 Å². The first kappa shape index (κ1) is 14.6. The fourth-order valence-corrected chi connectivity index (χ4v) is 4.25. The summed E-state index contributed by atoms with van der Waals surface area (Å²) in [5.74, 6) is 1.26. The topological polar surface area (TPSA) is 49.7 Å². The minimum Gasteiger partial charge on any atom is -0.508 e. The maximum atomic E-state index is 9.97. The molecule has 0 amide bonds. The normalized spacial score (nSPS) is 39.0. The summed E-state index contributed by atoms with van der Waals surface area (Å²) in [6, 6.07) is 7.29. The number of phenolic OH excluding ortho intramolecular Hbond substituents is 1. The van der Waals surface area contributed by atoms with Crippen LogP contribution in [0, 0.1) is 23.2 Å². The summed E-state index contributed by atoms with van der Waals surface area (Å²) in [5.41, 5.74) is 2.27. The quantitative estimate of drug-likeness (QED) is 0.821. The zero-order chi connectivity index (χ0) is 15.2. The molecule has 21 heavy (non-hydrogen) atoms. The van der Waals surface area contributed by atoms with E-state index in [1.165, 1.54) is 5.57 Å². The molecule has 0 spiro atoms. The lowest BCUT2D eigenvalue weighted by atomic mass is 9.56. The SMILES string of the molecule is CC1=C[C@@H](C)C2(CO)CO[C@@H](c3ccc(O)cc3)C1[C@@H]2C. The van der Waals surface area contributed by atoms with Crippen LogP contribution in [-0.2, 0) is 4.74 Å². The molecule has 0 saturated carbocycles. The van der Waals surface area contributed by atoms with Gasteiger partial charge in [-0.15, -0.1) is 0 Å². The predicted molar refractivity (Wildman–Crippen MR) is 81.9 cm³/mol. The molecule has 0 aromatic heterocycles. The number of hydrogen-bond donors (Lipinski definition) is 2. The van der Waals surface area contributed by atoms with E-state index >= 15 is 0 Å². The Balaban J connectivity index is 2.01. The van der Waals surface area contributed by atoms with Crippen molar-refractivity contribution >= 4 is 0 Å². The van der Waals surface area contributed by atoms with E-state index in [2.05, 4.69) is 26.8 Å². The molecule has 2 unspecified atom stereocenters. The van der Waals surface area contributed by atoms with Crippen LogP contribution in [0.3, 0.4) is 0 Å². The molecule has 0 radical (unpaired) electrons. The maximum Gasteiger partial charge on any atom is 0.115 e. The lowest BCUT2D eigenvalue weighted by molar-refractivity contribution is -0.165. The lowest BCUT2D eigenvalue weighted by Crippen LogP contribution is -2.53. The lowest BCUT2D eigenvalue weighted by Gasteiger charge is -2.55. The summed E-state index contributed by atoms with van der Waals surface area (Å²) in [6.45, 7) is 7.33. The van der Waals surface area contributed by atoms with Crippen LogP contribution in [0.15, 0.2) is 35.9 Å². The van der Waals surface area contributed by atoms with Gasteiger partial charge in [-0.1, -0.05) is 37.6 Å². The third kappa shape index (κ3) is 2.11. The fraction of sp³-hybridized carbons (Fsp3) is 0.556. The number of benzene rings is 1. The molecular weight excluding hydrogens is 264 g/mol. The van der Waals surface area contributed by atoms with E-state index < -0.39 is 0 Å². The summed E-state index contributed by atoms with van der Waals surface area (Å²) >= 11 is 0. The van der Waals surface area contributed by atoms with Crippen LogP contribution in [0.4, 0.5) is 0 Å². The van der Waals surface area contributed by atoms with Crippen LogP contribution >= 0.6 is 0 Å². The van der Waals surface area contributed by atoms with Gasteiger partial charge in [0.2, 0.25) is 0 Å². The second kappa shape index (κ2) is 5.15. The highest BCUT2D eigenvalue weighted by atomic mass is 16.5. The zero-order valence-corrected chi connectivity index (χ0v) is 12.9. The van der Waals surface area contributed by atoms with E-state index in [9.17, 15) is 10.2 Å². The Bertz CT molecular complexity index is 548. The molecule has 1 fully saturated rings. The molecule has 1 saturated heterocycles. The minimum atomic E-state index is -0.169. The molecule has 2 aliphatic rings. The summed E-state index contributed by atoms with van der Waals surface area (Å²) in [7, 11) is 0. The van der Waals surface area contributed by atoms with Gasteiger partial charge >= 0.3 is 0 Å². The van der Waals surface area contributed by atoms with E-state index in [1.54, 1.807) is 12.1 Å². The molecule has 2 N–H and O–H groups in total. The summed E-state index contributed by atoms with van der Waals surface area (Å²) in [6.07, 6.45) is 2.31. The minimum absolute atomic E-state index is 0.00373. The monoisotopic (exact) mass is 288 g/mol. The summed E-state index contributed by atoms with van der Waals surface area (Å²) in [5, 5.41) is 19.4. The molecule has 114 valence electrons. The number of rotatable bonds is 2. The van der Waals surface area contributed by atoms with Crippen LogP contribution < -0.4 is 0 Å². The highest BCUT2D eigenvalue weighted by Gasteiger charge is 2.53. The Labute approximate surface area is 126 Å². The standard InChI is InChI=1S/C18H24O3/c1-11-8-12(2)18(9-19)10-21-17(16(11)13(18)3)14-4-6-15(20)7-5-14/h4-8,12-13,16-17,19-20H,9-10H2,1-3H3/t12-,13+,16?,17+,18?/m1/s1. The Hall–Kier alpha value is -1.32. The third-order valence-corrected chi connectivity index (χ3v) is 5.76. The number of fused-ring (bicyclic) bond motifs is 2. The van der Waals surface area contributed by atoms with Gasteiger partial charge in [0.15, 0.2) is 0 Å². The molecule has 1 aliphatic carbocycles. The molecule has 5 atom stereocenters. The van der Waals surface area contributed by atoms with Gasteiger partial charge in [0.1, 0.15) is 5.75 Å². The number of hydrogen-bond acceptors (Lipinski definition) is 3. The van der Waals surface area contributed by atoms with Crippen molar-refractivity contribution in [2.75, 3.05) is 13.2 Å². The van der Waals surface area contributed by atoms with Crippen molar-refractivity contribution in [3.63, 3.8) is 0 Å². The molecule has 3 rings (SSSR count). The first-order chi connectivity index (χ1) is 9.99. The number of phenols is 1. The summed E-state index contributed by atoms with van der Waals surface area (Å²) in [4.78, 5) is 0. The van der Waals surface area contributed by atoms with Gasteiger partial charge in [0.05, 0.1) is 19.3 Å². The van der Waals surface area contributed by atoms with Crippen LogP contribution in [-0.4, -0.2) is 23.4 Å². The van der Waals surface area contributed by atoms with E-state index in [0.29, 0.717) is 18.4 Å². The van der Waals surface area contributed by atoms with Crippen LogP contribution in [0.5, 0.6) is 5.75 Å². The van der Waals surface area contributed by atoms with Crippen molar-refractivity contribution in [3.8, 4) is 5.75 Å². The number of aromatic hydroxyl groups is 1. The Morgan fingerprint density at radius 3 is 2.52 bits per heavy atom. The molecule has 2 bridgehead atoms. The van der Waals surface area contributed by atoms with Crippen molar-refractivity contribution in [2.45, 2.75) is 26.9 Å². The molecular formula is C18H24O3. The smallest absolute Gasteiger partial charge is 0.115 e. The van der Waals surface area contributed by atoms with E-state index in [-0.39, 0.29) is 29.8 Å². The number of ether oxygens (including phenoxy) is 1. The van der Waals surface area contributed by atoms with Crippen LogP contribution in [0.25, 0.3) is 0 Å². The predicted octanol–water partition coefficient (Wildman–Crippen LogP) is 3.29. The van der Waals surface area contributed by atoms with Crippen molar-refractivity contribution in [1.29, 1.82) is 0 Å². The number of aliphatic hydroxyl groups excluding tert-OH is 1. The van der Waals surface area contributed by atoms with Gasteiger partial charge in [-0.25, -0.2) is 0 Å². The second-order valence-corrected chi connectivity index (χ2v) is 6.73. The van der Waals surface area contributed by atoms with Crippen molar-refractivity contribution in [3.05, 3.63) is 41.5 Å². The van der Waals surface area contributed by atoms with Crippen molar-refractivity contribution < 1.29 is 14.9 Å². The third-order valence-electron chi connectivity index (χ3n) is 5.76. The highest BCUT2D eigenvalue weighted by molar-refractivity contribution is 5.31. The molecule has 3 heteroatoms. The Kier molecular flexibility index (Phi) is 3.58. The largest absolute Gasteiger partial charge is 0.508 e. The zero-order valence-electron chi connectivity index (χ0n) is 12.9. The summed E-state index contributed by atoms with van der Waals surface area (Å²) < 4.78 is 6.19. The van der Waals surface area contributed by atoms with Gasteiger partial charge in [0, 0.05) is 11.3 Å². The average Bonchev–Trinajstić information content (AvgIpc) is 2.46. The fourth-order valence-electron chi connectivity index (χ4n) is 4.25. The molecule has 1 aromatic rings. The van der Waals surface area contributed by atoms with Crippen LogP contribution in [0.1, 0.15) is 32.4 Å². The first-order valence-corrected chi connectivity index (χ1v) is 7.69. The average molecular weight is 288 g/mol. The maximum absolute atomic E-state index is 9.97. The number of aliphatic hydroxyl groups is 1. The van der Waals surface area contributed by atoms with Gasteiger partial charge in [-0.3, -0.25) is 0 Å². The van der Waals surface area contributed by atoms with Crippen LogP contribution in [0.2, 0.25) is 0 Å². The van der Waals surface area contributed by atoms with E-state index in [4.69, 9.17) is 4.74 Å². The van der Waals surface area contributed by atoms with E-state index in [0.717, 1.165) is 5.56 Å². The van der Waals surface area contributed by atoms with Crippen molar-refractivity contribution in [1.82, 2.24) is 0 Å². The van der Waals surface area contributed by atoms with Gasteiger partial charge in [0.25, 0.3) is 0 Å². The van der Waals surface area contributed by atoms with Gasteiger partial charge < -0.3 is 14.9 Å². The molecule has 1 aliphatic heterocycles. The van der Waals surface area contributed by atoms with Gasteiger partial charge in [-0.05, 0) is 36.5 Å². The van der Waals surface area contributed by atoms with E-state index in [1.807, 2.05) is 12.1 Å². The number of allylic oxidation sites excluding steroid dienone is 1. The Morgan fingerprint density at radius 1 is 1.24 bits per heavy atom. The molecule has 3 nitrogen and oxygen atoms in total. The first-order valence-electron chi connectivity index (χ1n) is 7.69. The molecule has 1 aromatic carbocycles. The molecule has 1 heterocycles. The van der Waals surface area contributed by atoms with Gasteiger partial charge in [-0.2, -0.15) is 0 Å². The second-order valence-electron chi connectivity index (χ2n) is 6.73. The Morgan fingerprint density at radius 2 is 1.90 bits per heavy atom. The highest BCUT2D eigenvalue weighted by Crippen LogP contribution is 2.55.